The zero-order chi connectivity index (χ0) is 8.48. The van der Waals surface area contributed by atoms with Crippen molar-refractivity contribution < 1.29 is 0 Å². The molecule has 0 aliphatic heterocycles. The highest BCUT2D eigenvalue weighted by molar-refractivity contribution is 7.99. The molecule has 2 heteroatoms. The second kappa shape index (κ2) is 3.36. The Bertz CT molecular complexity index is 134. The van der Waals surface area contributed by atoms with E-state index in [9.17, 15) is 0 Å². The van der Waals surface area contributed by atoms with Crippen molar-refractivity contribution in [1.82, 2.24) is 0 Å². The molecule has 2 atom stereocenters. The molecule has 1 nitrogen and oxygen atoms in total. The number of thioether (sulfide) groups is 1. The fourth-order valence-corrected chi connectivity index (χ4v) is 3.05. The molecular formula is C9H19NS. The van der Waals surface area contributed by atoms with Crippen molar-refractivity contribution >= 4 is 11.8 Å². The van der Waals surface area contributed by atoms with Crippen LogP contribution >= 0.6 is 11.8 Å². The van der Waals surface area contributed by atoms with Gasteiger partial charge in [-0.2, -0.15) is 11.8 Å². The third kappa shape index (κ3) is 1.73. The Balaban J connectivity index is 2.28. The van der Waals surface area contributed by atoms with E-state index in [0.717, 1.165) is 18.4 Å². The molecule has 0 aromatic heterocycles. The minimum absolute atomic E-state index is 0.539. The highest BCUT2D eigenvalue weighted by Crippen LogP contribution is 2.58. The lowest BCUT2D eigenvalue weighted by Gasteiger charge is -2.00. The Hall–Kier alpha value is 0.310. The monoisotopic (exact) mass is 173 g/mol. The summed E-state index contributed by atoms with van der Waals surface area (Å²) < 4.78 is 0. The lowest BCUT2D eigenvalue weighted by molar-refractivity contribution is 0.549. The predicted molar refractivity (Wildman–Crippen MR) is 52.8 cm³/mol. The zero-order valence-corrected chi connectivity index (χ0v) is 8.58. The van der Waals surface area contributed by atoms with Crippen molar-refractivity contribution in [2.75, 3.05) is 18.1 Å². The van der Waals surface area contributed by atoms with Crippen LogP contribution in [0.2, 0.25) is 0 Å². The highest BCUT2D eigenvalue weighted by atomic mass is 32.2. The largest absolute Gasteiger partial charge is 0.330 e. The van der Waals surface area contributed by atoms with E-state index in [1.165, 1.54) is 11.5 Å². The first kappa shape index (κ1) is 9.40. The molecule has 0 spiro atoms. The first-order valence-corrected chi connectivity index (χ1v) is 5.57. The molecule has 1 fully saturated rings. The van der Waals surface area contributed by atoms with Crippen LogP contribution in [0.5, 0.6) is 0 Å². The zero-order valence-electron chi connectivity index (χ0n) is 7.76. The van der Waals surface area contributed by atoms with Crippen molar-refractivity contribution in [3.8, 4) is 0 Å². The van der Waals surface area contributed by atoms with E-state index in [0.29, 0.717) is 5.41 Å². The van der Waals surface area contributed by atoms with E-state index in [2.05, 4.69) is 20.8 Å². The van der Waals surface area contributed by atoms with Crippen LogP contribution in [0.25, 0.3) is 0 Å². The molecule has 0 radical (unpaired) electrons. The average molecular weight is 173 g/mol. The van der Waals surface area contributed by atoms with Gasteiger partial charge in [-0.25, -0.2) is 0 Å². The molecule has 1 aliphatic carbocycles. The van der Waals surface area contributed by atoms with Gasteiger partial charge in [0.15, 0.2) is 0 Å². The van der Waals surface area contributed by atoms with Gasteiger partial charge in [-0.3, -0.25) is 0 Å². The number of rotatable bonds is 4. The standard InChI is InChI=1S/C9H19NS/c1-4-11-6-8-7(5-10)9(8,2)3/h7-8H,4-6,10H2,1-3H3/t7-,8-/m1/s1. The normalized spacial score (nSPS) is 33.8. The molecule has 0 aromatic rings. The maximum Gasteiger partial charge on any atom is -0.00307 e. The van der Waals surface area contributed by atoms with Crippen LogP contribution in [0, 0.1) is 17.3 Å². The van der Waals surface area contributed by atoms with Gasteiger partial charge in [0.1, 0.15) is 0 Å². The number of hydrogen-bond acceptors (Lipinski definition) is 2. The second-order valence-corrected chi connectivity index (χ2v) is 5.25. The molecule has 0 aromatic carbocycles. The van der Waals surface area contributed by atoms with Gasteiger partial charge in [0, 0.05) is 0 Å². The summed E-state index contributed by atoms with van der Waals surface area (Å²) in [6.45, 7) is 7.77. The topological polar surface area (TPSA) is 26.0 Å². The SMILES string of the molecule is CCSC[C@@H]1[C@@H](CN)C1(C)C. The van der Waals surface area contributed by atoms with Crippen molar-refractivity contribution in [2.45, 2.75) is 20.8 Å². The Morgan fingerprint density at radius 3 is 2.36 bits per heavy atom. The number of hydrogen-bond donors (Lipinski definition) is 1. The van der Waals surface area contributed by atoms with Crippen molar-refractivity contribution in [2.24, 2.45) is 23.0 Å². The minimum Gasteiger partial charge on any atom is -0.330 e. The van der Waals surface area contributed by atoms with Gasteiger partial charge in [-0.15, -0.1) is 0 Å². The molecule has 0 bridgehead atoms. The summed E-state index contributed by atoms with van der Waals surface area (Å²) in [5.41, 5.74) is 6.20. The molecule has 66 valence electrons. The van der Waals surface area contributed by atoms with Crippen LogP contribution in [0.3, 0.4) is 0 Å². The maximum atomic E-state index is 5.66. The highest BCUT2D eigenvalue weighted by Gasteiger charge is 2.55. The summed E-state index contributed by atoms with van der Waals surface area (Å²) >= 11 is 2.04. The fourth-order valence-electron chi connectivity index (χ4n) is 1.90. The molecule has 0 saturated heterocycles. The molecule has 11 heavy (non-hydrogen) atoms. The average Bonchev–Trinajstić information content (AvgIpc) is 2.48. The Kier molecular flexibility index (Phi) is 2.87. The van der Waals surface area contributed by atoms with Gasteiger partial charge in [0.05, 0.1) is 0 Å². The summed E-state index contributed by atoms with van der Waals surface area (Å²) in [7, 11) is 0. The molecule has 0 heterocycles. The van der Waals surface area contributed by atoms with Crippen LogP contribution < -0.4 is 5.73 Å². The molecular weight excluding hydrogens is 154 g/mol. The quantitative estimate of drug-likeness (QED) is 0.703. The van der Waals surface area contributed by atoms with Crippen molar-refractivity contribution in [3.63, 3.8) is 0 Å². The third-order valence-corrected chi connectivity index (χ3v) is 4.05. The van der Waals surface area contributed by atoms with E-state index in [1.54, 1.807) is 0 Å². The van der Waals surface area contributed by atoms with Crippen LogP contribution in [-0.2, 0) is 0 Å². The molecule has 1 aliphatic rings. The summed E-state index contributed by atoms with van der Waals surface area (Å²) in [6.07, 6.45) is 0. The van der Waals surface area contributed by atoms with Gasteiger partial charge in [0.2, 0.25) is 0 Å². The first-order chi connectivity index (χ1) is 5.14. The minimum atomic E-state index is 0.539. The summed E-state index contributed by atoms with van der Waals surface area (Å²) in [4.78, 5) is 0. The Morgan fingerprint density at radius 2 is 2.00 bits per heavy atom. The lowest BCUT2D eigenvalue weighted by atomic mass is 10.1. The summed E-state index contributed by atoms with van der Waals surface area (Å²) in [6, 6.07) is 0. The van der Waals surface area contributed by atoms with Gasteiger partial charge >= 0.3 is 0 Å². The first-order valence-electron chi connectivity index (χ1n) is 4.42. The Morgan fingerprint density at radius 1 is 1.36 bits per heavy atom. The van der Waals surface area contributed by atoms with E-state index in [-0.39, 0.29) is 0 Å². The van der Waals surface area contributed by atoms with Gasteiger partial charge < -0.3 is 5.73 Å². The van der Waals surface area contributed by atoms with Crippen molar-refractivity contribution in [3.05, 3.63) is 0 Å². The molecule has 1 saturated carbocycles. The van der Waals surface area contributed by atoms with Gasteiger partial charge in [-0.1, -0.05) is 20.8 Å². The predicted octanol–water partition coefficient (Wildman–Crippen LogP) is 1.97. The van der Waals surface area contributed by atoms with Crippen molar-refractivity contribution in [1.29, 1.82) is 0 Å². The smallest absolute Gasteiger partial charge is 0.00307 e. The summed E-state index contributed by atoms with van der Waals surface area (Å²) in [5.74, 6) is 4.23. The van der Waals surface area contributed by atoms with Crippen LogP contribution in [-0.4, -0.2) is 18.1 Å². The van der Waals surface area contributed by atoms with Gasteiger partial charge in [0.25, 0.3) is 0 Å². The Labute approximate surface area is 74.1 Å². The third-order valence-electron chi connectivity index (χ3n) is 3.04. The van der Waals surface area contributed by atoms with Crippen LogP contribution in [0.15, 0.2) is 0 Å². The molecule has 1 rings (SSSR count). The van der Waals surface area contributed by atoms with E-state index >= 15 is 0 Å². The molecule has 0 unspecified atom stereocenters. The van der Waals surface area contributed by atoms with E-state index in [4.69, 9.17) is 5.73 Å². The van der Waals surface area contributed by atoms with E-state index in [1.807, 2.05) is 11.8 Å². The van der Waals surface area contributed by atoms with Gasteiger partial charge in [-0.05, 0) is 35.3 Å². The van der Waals surface area contributed by atoms with E-state index < -0.39 is 0 Å². The lowest BCUT2D eigenvalue weighted by Crippen LogP contribution is -2.05. The maximum absolute atomic E-state index is 5.66. The van der Waals surface area contributed by atoms with Crippen LogP contribution in [0.4, 0.5) is 0 Å². The molecule has 0 amide bonds. The molecule has 2 N–H and O–H groups in total. The van der Waals surface area contributed by atoms with Crippen LogP contribution in [0.1, 0.15) is 20.8 Å². The second-order valence-electron chi connectivity index (χ2n) is 3.93. The summed E-state index contributed by atoms with van der Waals surface area (Å²) in [5, 5.41) is 0. The number of nitrogens with two attached hydrogens (primary N) is 1. The fraction of sp³-hybridized carbons (Fsp3) is 1.00.